The first-order chi connectivity index (χ1) is 11.4. The lowest BCUT2D eigenvalue weighted by Crippen LogP contribution is -2.49. The van der Waals surface area contributed by atoms with E-state index in [1.54, 1.807) is 0 Å². The molecule has 1 saturated carbocycles. The zero-order valence-corrected chi connectivity index (χ0v) is 14.3. The molecule has 5 nitrogen and oxygen atoms in total. The standard InChI is InChI=1S/C17H25F2N3O2/c1-3-14-20-21-15(24-14)13-5-4-10-22(11(13)2)16(23)12-6-8-17(18,19)9-7-12/h11-13H,3-10H2,1-2H3/t11-,13-/m0/s1. The number of nitrogens with zero attached hydrogens (tertiary/aromatic N) is 3. The van der Waals surface area contributed by atoms with Gasteiger partial charge >= 0.3 is 0 Å². The minimum atomic E-state index is -2.60. The minimum absolute atomic E-state index is 0.0120. The van der Waals surface area contributed by atoms with E-state index in [0.29, 0.717) is 24.7 Å². The second-order valence-electron chi connectivity index (χ2n) is 7.04. The van der Waals surface area contributed by atoms with Crippen molar-refractivity contribution >= 4 is 5.91 Å². The second-order valence-corrected chi connectivity index (χ2v) is 7.04. The third-order valence-electron chi connectivity index (χ3n) is 5.44. The zero-order valence-electron chi connectivity index (χ0n) is 14.3. The summed E-state index contributed by atoms with van der Waals surface area (Å²) >= 11 is 0. The second kappa shape index (κ2) is 6.76. The Morgan fingerprint density at radius 2 is 2.00 bits per heavy atom. The largest absolute Gasteiger partial charge is 0.425 e. The molecule has 2 atom stereocenters. The van der Waals surface area contributed by atoms with Crippen LogP contribution in [0.5, 0.6) is 0 Å². The molecule has 0 bridgehead atoms. The number of rotatable bonds is 3. The van der Waals surface area contributed by atoms with Crippen molar-refractivity contribution in [2.24, 2.45) is 5.92 Å². The van der Waals surface area contributed by atoms with Crippen molar-refractivity contribution in [2.75, 3.05) is 6.54 Å². The summed E-state index contributed by atoms with van der Waals surface area (Å²) in [4.78, 5) is 14.7. The predicted octanol–water partition coefficient (Wildman–Crippen LogP) is 3.55. The highest BCUT2D eigenvalue weighted by molar-refractivity contribution is 5.79. The van der Waals surface area contributed by atoms with Crippen LogP contribution in [0.4, 0.5) is 8.78 Å². The topological polar surface area (TPSA) is 59.2 Å². The summed E-state index contributed by atoms with van der Waals surface area (Å²) in [5.74, 6) is -1.65. The fourth-order valence-electron chi connectivity index (χ4n) is 3.87. The average molecular weight is 341 g/mol. The highest BCUT2D eigenvalue weighted by Crippen LogP contribution is 2.39. The number of likely N-dealkylation sites (tertiary alicyclic amines) is 1. The van der Waals surface area contributed by atoms with Gasteiger partial charge in [0, 0.05) is 37.8 Å². The van der Waals surface area contributed by atoms with Crippen LogP contribution in [0, 0.1) is 5.92 Å². The lowest BCUT2D eigenvalue weighted by Gasteiger charge is -2.40. The minimum Gasteiger partial charge on any atom is -0.425 e. The van der Waals surface area contributed by atoms with E-state index in [4.69, 9.17) is 4.42 Å². The van der Waals surface area contributed by atoms with Crippen LogP contribution in [0.2, 0.25) is 0 Å². The predicted molar refractivity (Wildman–Crippen MR) is 83.7 cm³/mol. The first-order valence-corrected chi connectivity index (χ1v) is 8.92. The molecule has 1 amide bonds. The number of aryl methyl sites for hydroxylation is 1. The number of piperidine rings is 1. The molecule has 0 unspecified atom stereocenters. The van der Waals surface area contributed by atoms with Crippen molar-refractivity contribution in [3.63, 3.8) is 0 Å². The first kappa shape index (κ1) is 17.3. The van der Waals surface area contributed by atoms with E-state index >= 15 is 0 Å². The van der Waals surface area contributed by atoms with E-state index in [1.165, 1.54) is 0 Å². The lowest BCUT2D eigenvalue weighted by atomic mass is 9.83. The van der Waals surface area contributed by atoms with Gasteiger partial charge in [0.15, 0.2) is 0 Å². The maximum Gasteiger partial charge on any atom is 0.248 e. The fraction of sp³-hybridized carbons (Fsp3) is 0.824. The Morgan fingerprint density at radius 1 is 1.29 bits per heavy atom. The molecule has 0 aromatic carbocycles. The zero-order chi connectivity index (χ0) is 17.3. The molecule has 1 aliphatic carbocycles. The molecule has 1 aromatic heterocycles. The van der Waals surface area contributed by atoms with Crippen LogP contribution in [0.15, 0.2) is 4.42 Å². The Kier molecular flexibility index (Phi) is 4.88. The number of carbonyl (C=O) groups excluding carboxylic acids is 1. The fourth-order valence-corrected chi connectivity index (χ4v) is 3.87. The smallest absolute Gasteiger partial charge is 0.248 e. The van der Waals surface area contributed by atoms with Crippen LogP contribution in [0.25, 0.3) is 0 Å². The van der Waals surface area contributed by atoms with Gasteiger partial charge in [-0.15, -0.1) is 10.2 Å². The third kappa shape index (κ3) is 3.44. The van der Waals surface area contributed by atoms with Crippen LogP contribution >= 0.6 is 0 Å². The normalized spacial score (nSPS) is 28.1. The molecule has 2 aliphatic rings. The van der Waals surface area contributed by atoms with Gasteiger partial charge in [-0.05, 0) is 32.6 Å². The number of aromatic nitrogens is 2. The molecule has 7 heteroatoms. The molecule has 2 heterocycles. The van der Waals surface area contributed by atoms with E-state index in [2.05, 4.69) is 10.2 Å². The maximum absolute atomic E-state index is 13.3. The molecule has 1 saturated heterocycles. The number of halogens is 2. The van der Waals surface area contributed by atoms with Crippen molar-refractivity contribution < 1.29 is 18.0 Å². The molecule has 1 aromatic rings. The summed E-state index contributed by atoms with van der Waals surface area (Å²) in [6.07, 6.45) is 2.65. The quantitative estimate of drug-likeness (QED) is 0.843. The van der Waals surface area contributed by atoms with E-state index in [-0.39, 0.29) is 49.5 Å². The SMILES string of the molecule is CCc1nnc([C@H]2CCCN(C(=O)C3CCC(F)(F)CC3)[C@H]2C)o1. The van der Waals surface area contributed by atoms with Gasteiger partial charge in [0.1, 0.15) is 0 Å². The Labute approximate surface area is 140 Å². The molecule has 24 heavy (non-hydrogen) atoms. The Hall–Kier alpha value is -1.53. The Morgan fingerprint density at radius 3 is 2.62 bits per heavy atom. The van der Waals surface area contributed by atoms with Crippen molar-refractivity contribution in [3.05, 3.63) is 11.8 Å². The molecule has 134 valence electrons. The summed E-state index contributed by atoms with van der Waals surface area (Å²) in [7, 11) is 0. The first-order valence-electron chi connectivity index (χ1n) is 8.92. The van der Waals surface area contributed by atoms with E-state index < -0.39 is 5.92 Å². The van der Waals surface area contributed by atoms with Crippen LogP contribution in [0.3, 0.4) is 0 Å². The van der Waals surface area contributed by atoms with Crippen LogP contribution in [-0.4, -0.2) is 39.5 Å². The summed E-state index contributed by atoms with van der Waals surface area (Å²) in [5, 5.41) is 8.15. The van der Waals surface area contributed by atoms with E-state index in [0.717, 1.165) is 12.8 Å². The number of hydrogen-bond acceptors (Lipinski definition) is 4. The number of carbonyl (C=O) groups is 1. The summed E-state index contributed by atoms with van der Waals surface area (Å²) in [6.45, 7) is 4.63. The van der Waals surface area contributed by atoms with Gasteiger partial charge in [-0.25, -0.2) is 8.78 Å². The third-order valence-corrected chi connectivity index (χ3v) is 5.44. The lowest BCUT2D eigenvalue weighted by molar-refractivity contribution is -0.143. The van der Waals surface area contributed by atoms with Gasteiger partial charge in [-0.1, -0.05) is 6.92 Å². The van der Waals surface area contributed by atoms with E-state index in [9.17, 15) is 13.6 Å². The summed E-state index contributed by atoms with van der Waals surface area (Å²) < 4.78 is 32.3. The molecular formula is C17H25F2N3O2. The molecule has 1 aliphatic heterocycles. The summed E-state index contributed by atoms with van der Waals surface area (Å²) in [6, 6.07) is -0.0427. The van der Waals surface area contributed by atoms with Crippen LogP contribution in [0.1, 0.15) is 70.1 Å². The molecule has 0 spiro atoms. The van der Waals surface area contributed by atoms with Crippen molar-refractivity contribution in [1.29, 1.82) is 0 Å². The van der Waals surface area contributed by atoms with Gasteiger partial charge in [-0.2, -0.15) is 0 Å². The molecular weight excluding hydrogens is 316 g/mol. The highest BCUT2D eigenvalue weighted by atomic mass is 19.3. The highest BCUT2D eigenvalue weighted by Gasteiger charge is 2.41. The van der Waals surface area contributed by atoms with Gasteiger partial charge in [0.25, 0.3) is 0 Å². The summed E-state index contributed by atoms with van der Waals surface area (Å²) in [5.41, 5.74) is 0. The molecule has 2 fully saturated rings. The van der Waals surface area contributed by atoms with Crippen molar-refractivity contribution in [2.45, 2.75) is 76.7 Å². The van der Waals surface area contributed by atoms with Gasteiger partial charge in [0.2, 0.25) is 23.6 Å². The molecule has 0 radical (unpaired) electrons. The number of alkyl halides is 2. The monoisotopic (exact) mass is 341 g/mol. The Bertz CT molecular complexity index is 580. The average Bonchev–Trinajstić information content (AvgIpc) is 3.03. The van der Waals surface area contributed by atoms with Crippen molar-refractivity contribution in [1.82, 2.24) is 15.1 Å². The Balaban J connectivity index is 1.68. The van der Waals surface area contributed by atoms with Crippen LogP contribution < -0.4 is 0 Å². The van der Waals surface area contributed by atoms with Crippen LogP contribution in [-0.2, 0) is 11.2 Å². The van der Waals surface area contributed by atoms with Crippen molar-refractivity contribution in [3.8, 4) is 0 Å². The molecule has 0 N–H and O–H groups in total. The molecule has 3 rings (SSSR count). The number of hydrogen-bond donors (Lipinski definition) is 0. The van der Waals surface area contributed by atoms with Gasteiger partial charge < -0.3 is 9.32 Å². The van der Waals surface area contributed by atoms with E-state index in [1.807, 2.05) is 18.7 Å². The number of amides is 1. The maximum atomic E-state index is 13.3. The van der Waals surface area contributed by atoms with Gasteiger partial charge in [-0.3, -0.25) is 4.79 Å². The van der Waals surface area contributed by atoms with Gasteiger partial charge in [0.05, 0.1) is 5.92 Å².